The van der Waals surface area contributed by atoms with E-state index in [1.54, 1.807) is 0 Å². The van der Waals surface area contributed by atoms with E-state index in [2.05, 4.69) is 4.72 Å². The van der Waals surface area contributed by atoms with E-state index >= 15 is 0 Å². The molecule has 0 aliphatic carbocycles. The monoisotopic (exact) mass is 194 g/mol. The highest BCUT2D eigenvalue weighted by molar-refractivity contribution is 7.87. The second kappa shape index (κ2) is 3.69. The van der Waals surface area contributed by atoms with Crippen LogP contribution in [0.5, 0.6) is 0 Å². The molecule has 1 aliphatic heterocycles. The van der Waals surface area contributed by atoms with Gasteiger partial charge in [0.15, 0.2) is 0 Å². The predicted molar refractivity (Wildman–Crippen MR) is 45.0 cm³/mol. The number of nitrogens with zero attached hydrogens (tertiary/aromatic N) is 1. The fourth-order valence-electron chi connectivity index (χ4n) is 1.19. The third-order valence-corrected chi connectivity index (χ3v) is 3.55. The largest absolute Gasteiger partial charge is 0.378 e. The van der Waals surface area contributed by atoms with E-state index < -0.39 is 10.2 Å². The van der Waals surface area contributed by atoms with Crippen LogP contribution in [0.3, 0.4) is 0 Å². The Balaban J connectivity index is 2.72. The van der Waals surface area contributed by atoms with Gasteiger partial charge in [0.05, 0.1) is 13.2 Å². The van der Waals surface area contributed by atoms with Gasteiger partial charge in [0.25, 0.3) is 10.2 Å². The average Bonchev–Trinajstić information content (AvgIpc) is 2.05. The smallest absolute Gasteiger partial charge is 0.279 e. The molecule has 72 valence electrons. The van der Waals surface area contributed by atoms with Crippen LogP contribution in [-0.2, 0) is 14.9 Å². The summed E-state index contributed by atoms with van der Waals surface area (Å²) in [7, 11) is -1.85. The Morgan fingerprint density at radius 2 is 2.25 bits per heavy atom. The molecule has 1 fully saturated rings. The Hall–Kier alpha value is -0.170. The fraction of sp³-hybridized carbons (Fsp3) is 1.00. The van der Waals surface area contributed by atoms with Gasteiger partial charge in [-0.3, -0.25) is 0 Å². The van der Waals surface area contributed by atoms with E-state index in [1.165, 1.54) is 11.4 Å². The lowest BCUT2D eigenvalue weighted by Crippen LogP contribution is -2.50. The number of nitrogens with one attached hydrogen (secondary N) is 1. The first-order valence-corrected chi connectivity index (χ1v) is 5.30. The summed E-state index contributed by atoms with van der Waals surface area (Å²) in [4.78, 5) is 0. The molecular weight excluding hydrogens is 180 g/mol. The maximum absolute atomic E-state index is 11.3. The van der Waals surface area contributed by atoms with E-state index in [1.807, 2.05) is 6.92 Å². The second-order valence-corrected chi connectivity index (χ2v) is 4.57. The van der Waals surface area contributed by atoms with Gasteiger partial charge >= 0.3 is 0 Å². The van der Waals surface area contributed by atoms with Crippen molar-refractivity contribution in [2.45, 2.75) is 13.0 Å². The second-order valence-electron chi connectivity index (χ2n) is 2.74. The summed E-state index contributed by atoms with van der Waals surface area (Å²) >= 11 is 0. The number of ether oxygens (including phenoxy) is 1. The summed E-state index contributed by atoms with van der Waals surface area (Å²) in [6.07, 6.45) is 0. The molecular formula is C6H14N2O3S. The van der Waals surface area contributed by atoms with Crippen LogP contribution in [0.25, 0.3) is 0 Å². The van der Waals surface area contributed by atoms with E-state index in [0.29, 0.717) is 19.8 Å². The van der Waals surface area contributed by atoms with Crippen LogP contribution in [0.15, 0.2) is 0 Å². The Bertz CT molecular complexity index is 239. The molecule has 0 radical (unpaired) electrons. The van der Waals surface area contributed by atoms with Crippen LogP contribution >= 0.6 is 0 Å². The zero-order chi connectivity index (χ0) is 9.19. The third kappa shape index (κ3) is 1.95. The van der Waals surface area contributed by atoms with Crippen molar-refractivity contribution in [1.82, 2.24) is 9.03 Å². The van der Waals surface area contributed by atoms with E-state index in [4.69, 9.17) is 4.74 Å². The number of rotatable bonds is 2. The van der Waals surface area contributed by atoms with Crippen LogP contribution in [-0.4, -0.2) is 45.6 Å². The maximum atomic E-state index is 11.3. The Morgan fingerprint density at radius 3 is 2.75 bits per heavy atom. The highest BCUT2D eigenvalue weighted by atomic mass is 32.2. The molecule has 1 heterocycles. The molecule has 12 heavy (non-hydrogen) atoms. The topological polar surface area (TPSA) is 58.6 Å². The third-order valence-electron chi connectivity index (χ3n) is 1.87. The summed E-state index contributed by atoms with van der Waals surface area (Å²) in [5.41, 5.74) is 0. The first-order chi connectivity index (χ1) is 5.58. The normalized spacial score (nSPS) is 27.3. The quantitative estimate of drug-likeness (QED) is 0.624. The summed E-state index contributed by atoms with van der Waals surface area (Å²) in [5, 5.41) is 0. The highest BCUT2D eigenvalue weighted by Crippen LogP contribution is 2.09. The summed E-state index contributed by atoms with van der Waals surface area (Å²) in [6.45, 7) is 3.21. The van der Waals surface area contributed by atoms with Crippen LogP contribution in [0.1, 0.15) is 6.92 Å². The molecule has 0 aromatic rings. The van der Waals surface area contributed by atoms with Gasteiger partial charge in [-0.15, -0.1) is 0 Å². The summed E-state index contributed by atoms with van der Waals surface area (Å²) < 4.78 is 31.5. The van der Waals surface area contributed by atoms with Gasteiger partial charge in [-0.25, -0.2) is 4.72 Å². The molecule has 0 saturated carbocycles. The molecule has 5 nitrogen and oxygen atoms in total. The molecule has 1 atom stereocenters. The molecule has 1 saturated heterocycles. The zero-order valence-corrected chi connectivity index (χ0v) is 8.10. The lowest BCUT2D eigenvalue weighted by Gasteiger charge is -2.31. The van der Waals surface area contributed by atoms with E-state index in [9.17, 15) is 8.42 Å². The Labute approximate surface area is 72.9 Å². The van der Waals surface area contributed by atoms with Crippen molar-refractivity contribution in [2.24, 2.45) is 0 Å². The minimum absolute atomic E-state index is 0.0730. The van der Waals surface area contributed by atoms with Crippen molar-refractivity contribution in [2.75, 3.05) is 26.8 Å². The lowest BCUT2D eigenvalue weighted by atomic mass is 10.3. The van der Waals surface area contributed by atoms with Crippen molar-refractivity contribution in [1.29, 1.82) is 0 Å². The van der Waals surface area contributed by atoms with Gasteiger partial charge in [-0.2, -0.15) is 12.7 Å². The molecule has 0 spiro atoms. The van der Waals surface area contributed by atoms with Crippen LogP contribution in [0, 0.1) is 0 Å². The van der Waals surface area contributed by atoms with Crippen LogP contribution < -0.4 is 4.72 Å². The van der Waals surface area contributed by atoms with Gasteiger partial charge < -0.3 is 4.74 Å². The number of morpholine rings is 1. The molecule has 0 aromatic carbocycles. The Kier molecular flexibility index (Phi) is 3.05. The summed E-state index contributed by atoms with van der Waals surface area (Å²) in [6, 6.07) is -0.0730. The number of hydrogen-bond donors (Lipinski definition) is 1. The van der Waals surface area contributed by atoms with Crippen LogP contribution in [0.4, 0.5) is 0 Å². The first kappa shape index (κ1) is 9.91. The van der Waals surface area contributed by atoms with Gasteiger partial charge in [0.2, 0.25) is 0 Å². The van der Waals surface area contributed by atoms with E-state index in [0.717, 1.165) is 0 Å². The SMILES string of the molecule is CNS(=O)(=O)N1CCOCC1C. The highest BCUT2D eigenvalue weighted by Gasteiger charge is 2.28. The lowest BCUT2D eigenvalue weighted by molar-refractivity contribution is 0.0388. The molecule has 0 aromatic heterocycles. The van der Waals surface area contributed by atoms with Crippen molar-refractivity contribution in [3.05, 3.63) is 0 Å². The molecule has 0 amide bonds. The zero-order valence-electron chi connectivity index (χ0n) is 7.28. The molecule has 1 aliphatic rings. The van der Waals surface area contributed by atoms with Gasteiger partial charge in [-0.05, 0) is 6.92 Å². The molecule has 1 unspecified atom stereocenters. The van der Waals surface area contributed by atoms with Crippen LogP contribution in [0.2, 0.25) is 0 Å². The van der Waals surface area contributed by atoms with Crippen molar-refractivity contribution >= 4 is 10.2 Å². The molecule has 1 N–H and O–H groups in total. The molecule has 6 heteroatoms. The first-order valence-electron chi connectivity index (χ1n) is 3.86. The van der Waals surface area contributed by atoms with Crippen molar-refractivity contribution in [3.63, 3.8) is 0 Å². The minimum Gasteiger partial charge on any atom is -0.378 e. The van der Waals surface area contributed by atoms with Gasteiger partial charge in [-0.1, -0.05) is 0 Å². The van der Waals surface area contributed by atoms with Crippen molar-refractivity contribution in [3.8, 4) is 0 Å². The van der Waals surface area contributed by atoms with Gasteiger partial charge in [0.1, 0.15) is 0 Å². The summed E-state index contributed by atoms with van der Waals surface area (Å²) in [5.74, 6) is 0. The van der Waals surface area contributed by atoms with E-state index in [-0.39, 0.29) is 6.04 Å². The standard InChI is InChI=1S/C6H14N2O3S/c1-6-5-11-4-3-8(6)12(9,10)7-2/h6-7H,3-5H2,1-2H3. The van der Waals surface area contributed by atoms with Crippen molar-refractivity contribution < 1.29 is 13.2 Å². The fourth-order valence-corrected chi connectivity index (χ4v) is 2.27. The minimum atomic E-state index is -3.27. The molecule has 1 rings (SSSR count). The molecule has 0 bridgehead atoms. The van der Waals surface area contributed by atoms with Gasteiger partial charge in [0, 0.05) is 19.6 Å². The maximum Gasteiger partial charge on any atom is 0.279 e. The number of hydrogen-bond acceptors (Lipinski definition) is 3. The Morgan fingerprint density at radius 1 is 1.58 bits per heavy atom. The average molecular weight is 194 g/mol. The predicted octanol–water partition coefficient (Wildman–Crippen LogP) is -0.829.